The molecule has 2 aromatic rings. The smallest absolute Gasteiger partial charge is 0.0758 e. The van der Waals surface area contributed by atoms with Crippen LogP contribution in [0.15, 0.2) is 23.0 Å². The summed E-state index contributed by atoms with van der Waals surface area (Å²) in [5.74, 6) is 0. The Hall–Kier alpha value is -1.29. The second kappa shape index (κ2) is 4.70. The van der Waals surface area contributed by atoms with Crippen LogP contribution in [-0.2, 0) is 13.5 Å². The average molecular weight is 235 g/mol. The van der Waals surface area contributed by atoms with E-state index in [1.54, 1.807) is 11.3 Å². The van der Waals surface area contributed by atoms with Crippen LogP contribution < -0.4 is 5.32 Å². The van der Waals surface area contributed by atoms with E-state index in [-0.39, 0.29) is 0 Å². The quantitative estimate of drug-likeness (QED) is 0.883. The SMILES string of the molecule is Cc1c(NC(C)Cc2ccsc2)cnn1C. The largest absolute Gasteiger partial charge is 0.380 e. The fraction of sp³-hybridized carbons (Fsp3) is 0.417. The fourth-order valence-corrected chi connectivity index (χ4v) is 2.40. The monoisotopic (exact) mass is 235 g/mol. The maximum Gasteiger partial charge on any atom is 0.0758 e. The summed E-state index contributed by atoms with van der Waals surface area (Å²) in [4.78, 5) is 0. The zero-order valence-electron chi connectivity index (χ0n) is 9.90. The number of hydrogen-bond donors (Lipinski definition) is 1. The molecule has 86 valence electrons. The highest BCUT2D eigenvalue weighted by molar-refractivity contribution is 7.07. The number of aryl methyl sites for hydroxylation is 1. The van der Waals surface area contributed by atoms with Gasteiger partial charge >= 0.3 is 0 Å². The molecule has 0 aromatic carbocycles. The number of hydrogen-bond acceptors (Lipinski definition) is 3. The van der Waals surface area contributed by atoms with Gasteiger partial charge in [-0.15, -0.1) is 0 Å². The predicted octanol–water partition coefficient (Wildman–Crippen LogP) is 2.83. The van der Waals surface area contributed by atoms with Gasteiger partial charge in [0.15, 0.2) is 0 Å². The van der Waals surface area contributed by atoms with Gasteiger partial charge in [0.1, 0.15) is 0 Å². The third-order valence-electron chi connectivity index (χ3n) is 2.76. The first kappa shape index (κ1) is 11.2. The Bertz CT molecular complexity index is 445. The van der Waals surface area contributed by atoms with E-state index in [1.165, 1.54) is 11.3 Å². The fourth-order valence-electron chi connectivity index (χ4n) is 1.72. The molecule has 1 N–H and O–H groups in total. The van der Waals surface area contributed by atoms with Crippen molar-refractivity contribution in [3.05, 3.63) is 34.3 Å². The molecule has 2 rings (SSSR count). The zero-order valence-corrected chi connectivity index (χ0v) is 10.7. The van der Waals surface area contributed by atoms with Crippen molar-refractivity contribution in [2.45, 2.75) is 26.3 Å². The molecule has 0 aliphatic carbocycles. The Morgan fingerprint density at radius 1 is 1.56 bits per heavy atom. The van der Waals surface area contributed by atoms with E-state index in [4.69, 9.17) is 0 Å². The third-order valence-corrected chi connectivity index (χ3v) is 3.49. The summed E-state index contributed by atoms with van der Waals surface area (Å²) >= 11 is 1.75. The van der Waals surface area contributed by atoms with Crippen molar-refractivity contribution in [1.82, 2.24) is 9.78 Å². The molecule has 0 aliphatic heterocycles. The van der Waals surface area contributed by atoms with E-state index in [1.807, 2.05) is 17.9 Å². The molecule has 0 amide bonds. The first-order valence-corrected chi connectivity index (χ1v) is 6.37. The van der Waals surface area contributed by atoms with Gasteiger partial charge in [-0.3, -0.25) is 4.68 Å². The maximum atomic E-state index is 4.22. The van der Waals surface area contributed by atoms with E-state index >= 15 is 0 Å². The molecule has 1 atom stereocenters. The molecule has 0 spiro atoms. The van der Waals surface area contributed by atoms with Gasteiger partial charge in [-0.1, -0.05) is 0 Å². The number of nitrogens with one attached hydrogen (secondary N) is 1. The van der Waals surface area contributed by atoms with Gasteiger partial charge in [0.25, 0.3) is 0 Å². The predicted molar refractivity (Wildman–Crippen MR) is 69.1 cm³/mol. The molecule has 0 saturated carbocycles. The topological polar surface area (TPSA) is 29.9 Å². The van der Waals surface area contributed by atoms with Gasteiger partial charge in [0.05, 0.1) is 17.6 Å². The molecule has 16 heavy (non-hydrogen) atoms. The van der Waals surface area contributed by atoms with Crippen molar-refractivity contribution in [1.29, 1.82) is 0 Å². The Kier molecular flexibility index (Phi) is 3.29. The minimum absolute atomic E-state index is 0.428. The van der Waals surface area contributed by atoms with Gasteiger partial charge < -0.3 is 5.32 Å². The molecule has 0 bridgehead atoms. The molecule has 4 heteroatoms. The van der Waals surface area contributed by atoms with Crippen molar-refractivity contribution in [2.75, 3.05) is 5.32 Å². The minimum atomic E-state index is 0.428. The minimum Gasteiger partial charge on any atom is -0.380 e. The normalized spacial score (nSPS) is 12.7. The molecule has 2 heterocycles. The molecule has 1 unspecified atom stereocenters. The van der Waals surface area contributed by atoms with E-state index in [9.17, 15) is 0 Å². The second-order valence-corrected chi connectivity index (χ2v) is 4.93. The maximum absolute atomic E-state index is 4.22. The van der Waals surface area contributed by atoms with Crippen LogP contribution in [0.5, 0.6) is 0 Å². The Balaban J connectivity index is 1.97. The number of anilines is 1. The summed E-state index contributed by atoms with van der Waals surface area (Å²) in [5.41, 5.74) is 3.70. The summed E-state index contributed by atoms with van der Waals surface area (Å²) < 4.78 is 1.89. The van der Waals surface area contributed by atoms with Gasteiger partial charge in [0, 0.05) is 13.1 Å². The number of rotatable bonds is 4. The van der Waals surface area contributed by atoms with Crippen LogP contribution in [0.1, 0.15) is 18.2 Å². The molecular formula is C12H17N3S. The Morgan fingerprint density at radius 3 is 2.94 bits per heavy atom. The molecule has 0 aliphatic rings. The summed E-state index contributed by atoms with van der Waals surface area (Å²) in [7, 11) is 1.96. The lowest BCUT2D eigenvalue weighted by Crippen LogP contribution is -2.18. The van der Waals surface area contributed by atoms with Gasteiger partial charge in [-0.05, 0) is 42.7 Å². The van der Waals surface area contributed by atoms with Crippen LogP contribution >= 0.6 is 11.3 Å². The van der Waals surface area contributed by atoms with E-state index in [0.717, 1.165) is 12.1 Å². The van der Waals surface area contributed by atoms with Crippen molar-refractivity contribution in [3.63, 3.8) is 0 Å². The first-order chi connectivity index (χ1) is 7.66. The highest BCUT2D eigenvalue weighted by Gasteiger charge is 2.08. The van der Waals surface area contributed by atoms with Crippen molar-refractivity contribution in [3.8, 4) is 0 Å². The average Bonchev–Trinajstić information content (AvgIpc) is 2.83. The highest BCUT2D eigenvalue weighted by atomic mass is 32.1. The zero-order chi connectivity index (χ0) is 11.5. The lowest BCUT2D eigenvalue weighted by Gasteiger charge is -2.13. The first-order valence-electron chi connectivity index (χ1n) is 5.43. The molecule has 3 nitrogen and oxygen atoms in total. The molecule has 0 saturated heterocycles. The van der Waals surface area contributed by atoms with Crippen LogP contribution in [0.3, 0.4) is 0 Å². The highest BCUT2D eigenvalue weighted by Crippen LogP contribution is 2.16. The molecule has 2 aromatic heterocycles. The summed E-state index contributed by atoms with van der Waals surface area (Å²) in [6, 6.07) is 2.61. The van der Waals surface area contributed by atoms with Crippen LogP contribution in [-0.4, -0.2) is 15.8 Å². The van der Waals surface area contributed by atoms with E-state index < -0.39 is 0 Å². The van der Waals surface area contributed by atoms with Crippen molar-refractivity contribution in [2.24, 2.45) is 7.05 Å². The lowest BCUT2D eigenvalue weighted by molar-refractivity contribution is 0.738. The third kappa shape index (κ3) is 2.44. The molecular weight excluding hydrogens is 218 g/mol. The van der Waals surface area contributed by atoms with Gasteiger partial charge in [-0.25, -0.2) is 0 Å². The molecule has 0 fully saturated rings. The number of nitrogens with zero attached hydrogens (tertiary/aromatic N) is 2. The number of thiophene rings is 1. The second-order valence-electron chi connectivity index (χ2n) is 4.15. The van der Waals surface area contributed by atoms with E-state index in [2.05, 4.69) is 41.1 Å². The van der Waals surface area contributed by atoms with E-state index in [0.29, 0.717) is 6.04 Å². The standard InChI is InChI=1S/C12H17N3S/c1-9(6-11-4-5-16-8-11)14-12-7-13-15(3)10(12)2/h4-5,7-9,14H,6H2,1-3H3. The Morgan fingerprint density at radius 2 is 2.38 bits per heavy atom. The van der Waals surface area contributed by atoms with Crippen molar-refractivity contribution < 1.29 is 0 Å². The van der Waals surface area contributed by atoms with Crippen LogP contribution in [0.25, 0.3) is 0 Å². The summed E-state index contributed by atoms with van der Waals surface area (Å²) in [6.45, 7) is 4.27. The van der Waals surface area contributed by atoms with Gasteiger partial charge in [-0.2, -0.15) is 16.4 Å². The summed E-state index contributed by atoms with van der Waals surface area (Å²) in [6.07, 6.45) is 2.94. The molecule has 0 radical (unpaired) electrons. The lowest BCUT2D eigenvalue weighted by atomic mass is 10.1. The van der Waals surface area contributed by atoms with Crippen molar-refractivity contribution >= 4 is 17.0 Å². The van der Waals surface area contributed by atoms with Crippen LogP contribution in [0, 0.1) is 6.92 Å². The van der Waals surface area contributed by atoms with Crippen LogP contribution in [0.2, 0.25) is 0 Å². The summed E-state index contributed by atoms with van der Waals surface area (Å²) in [5, 5.41) is 12.0. The van der Waals surface area contributed by atoms with Gasteiger partial charge in [0.2, 0.25) is 0 Å². The number of aromatic nitrogens is 2. The Labute approximate surface area is 100 Å². The van der Waals surface area contributed by atoms with Crippen LogP contribution in [0.4, 0.5) is 5.69 Å².